The van der Waals surface area contributed by atoms with Crippen LogP contribution in [0, 0.1) is 20.8 Å². The SMILES string of the molecule is Cc1cccc(C)c1Oc1ccc(NC(=O)CCC(=O)OCC(=O)Nc2ccc(Br)c(Cl)c2C)cc1. The molecule has 188 valence electrons. The van der Waals surface area contributed by atoms with Gasteiger partial charge in [-0.25, -0.2) is 0 Å². The number of ether oxygens (including phenoxy) is 2. The number of carbonyl (C=O) groups excluding carboxylic acids is 3. The lowest BCUT2D eigenvalue weighted by atomic mass is 10.1. The van der Waals surface area contributed by atoms with Crippen LogP contribution in [0.2, 0.25) is 5.02 Å². The van der Waals surface area contributed by atoms with Gasteiger partial charge in [-0.2, -0.15) is 0 Å². The molecule has 9 heteroatoms. The summed E-state index contributed by atoms with van der Waals surface area (Å²) < 4.78 is 11.7. The molecule has 7 nitrogen and oxygen atoms in total. The Balaban J connectivity index is 1.41. The molecule has 0 saturated carbocycles. The number of hydrogen-bond donors (Lipinski definition) is 2. The topological polar surface area (TPSA) is 93.7 Å². The first-order valence-electron chi connectivity index (χ1n) is 11.2. The second-order valence-electron chi connectivity index (χ2n) is 8.14. The van der Waals surface area contributed by atoms with E-state index >= 15 is 0 Å². The minimum absolute atomic E-state index is 0.0808. The predicted molar refractivity (Wildman–Crippen MR) is 144 cm³/mol. The van der Waals surface area contributed by atoms with Gasteiger partial charge in [0.1, 0.15) is 11.5 Å². The molecule has 0 aliphatic rings. The molecule has 0 heterocycles. The van der Waals surface area contributed by atoms with Gasteiger partial charge in [0.15, 0.2) is 6.61 Å². The van der Waals surface area contributed by atoms with Crippen molar-refractivity contribution in [3.8, 4) is 11.5 Å². The van der Waals surface area contributed by atoms with Crippen LogP contribution in [0.4, 0.5) is 11.4 Å². The number of anilines is 2. The Bertz CT molecular complexity index is 1260. The van der Waals surface area contributed by atoms with Gasteiger partial charge in [-0.1, -0.05) is 29.8 Å². The van der Waals surface area contributed by atoms with Crippen LogP contribution in [0.25, 0.3) is 0 Å². The molecule has 0 atom stereocenters. The zero-order valence-corrected chi connectivity index (χ0v) is 22.5. The van der Waals surface area contributed by atoms with Crippen molar-refractivity contribution in [1.82, 2.24) is 0 Å². The van der Waals surface area contributed by atoms with Crippen LogP contribution in [-0.2, 0) is 19.1 Å². The van der Waals surface area contributed by atoms with E-state index in [9.17, 15) is 14.4 Å². The van der Waals surface area contributed by atoms with Gasteiger partial charge in [0.2, 0.25) is 5.91 Å². The smallest absolute Gasteiger partial charge is 0.306 e. The second-order valence-corrected chi connectivity index (χ2v) is 9.37. The molecule has 0 aliphatic carbocycles. The number of aryl methyl sites for hydroxylation is 2. The average molecular weight is 574 g/mol. The summed E-state index contributed by atoms with van der Waals surface area (Å²) in [4.78, 5) is 36.3. The minimum atomic E-state index is -0.650. The maximum Gasteiger partial charge on any atom is 0.306 e. The van der Waals surface area contributed by atoms with Crippen LogP contribution in [0.1, 0.15) is 29.5 Å². The van der Waals surface area contributed by atoms with Crippen molar-refractivity contribution in [2.45, 2.75) is 33.6 Å². The van der Waals surface area contributed by atoms with Crippen LogP contribution >= 0.6 is 27.5 Å². The van der Waals surface area contributed by atoms with Gasteiger partial charge in [-0.05, 0) is 89.8 Å². The van der Waals surface area contributed by atoms with Gasteiger partial charge in [-0.3, -0.25) is 14.4 Å². The van der Waals surface area contributed by atoms with E-state index in [1.54, 1.807) is 43.3 Å². The van der Waals surface area contributed by atoms with E-state index in [-0.39, 0.29) is 18.7 Å². The summed E-state index contributed by atoms with van der Waals surface area (Å²) in [6, 6.07) is 16.3. The van der Waals surface area contributed by atoms with Crippen molar-refractivity contribution in [3.63, 3.8) is 0 Å². The first kappa shape index (κ1) is 27.2. The zero-order valence-electron chi connectivity index (χ0n) is 20.1. The summed E-state index contributed by atoms with van der Waals surface area (Å²) in [7, 11) is 0. The highest BCUT2D eigenvalue weighted by molar-refractivity contribution is 9.10. The lowest BCUT2D eigenvalue weighted by molar-refractivity contribution is -0.147. The van der Waals surface area contributed by atoms with Crippen molar-refractivity contribution in [2.24, 2.45) is 0 Å². The first-order chi connectivity index (χ1) is 17.1. The predicted octanol–water partition coefficient (Wildman–Crippen LogP) is 6.72. The van der Waals surface area contributed by atoms with Gasteiger partial charge in [0, 0.05) is 22.3 Å². The Hall–Kier alpha value is -3.36. The molecular weight excluding hydrogens is 548 g/mol. The van der Waals surface area contributed by atoms with Gasteiger partial charge in [-0.15, -0.1) is 0 Å². The second kappa shape index (κ2) is 12.6. The lowest BCUT2D eigenvalue weighted by Gasteiger charge is -2.12. The molecule has 0 fully saturated rings. The zero-order chi connectivity index (χ0) is 26.2. The quantitative estimate of drug-likeness (QED) is 0.277. The number of halogens is 2. The Labute approximate surface area is 223 Å². The summed E-state index contributed by atoms with van der Waals surface area (Å²) in [6.45, 7) is 5.26. The van der Waals surface area contributed by atoms with E-state index in [1.807, 2.05) is 32.0 Å². The maximum absolute atomic E-state index is 12.2. The third-order valence-electron chi connectivity index (χ3n) is 5.30. The fourth-order valence-corrected chi connectivity index (χ4v) is 3.91. The van der Waals surface area contributed by atoms with Crippen LogP contribution in [0.5, 0.6) is 11.5 Å². The summed E-state index contributed by atoms with van der Waals surface area (Å²) in [5, 5.41) is 5.86. The minimum Gasteiger partial charge on any atom is -0.457 e. The number of rotatable bonds is 9. The van der Waals surface area contributed by atoms with Gasteiger partial charge >= 0.3 is 5.97 Å². The number of para-hydroxylation sites is 1. The molecule has 3 aromatic rings. The molecule has 3 rings (SSSR count). The van der Waals surface area contributed by atoms with Crippen molar-refractivity contribution in [2.75, 3.05) is 17.2 Å². The number of carbonyl (C=O) groups is 3. The van der Waals surface area contributed by atoms with Crippen LogP contribution in [0.3, 0.4) is 0 Å². The Morgan fingerprint density at radius 2 is 1.53 bits per heavy atom. The number of nitrogens with one attached hydrogen (secondary N) is 2. The van der Waals surface area contributed by atoms with Gasteiger partial charge in [0.05, 0.1) is 11.4 Å². The number of benzene rings is 3. The molecule has 0 unspecified atom stereocenters. The van der Waals surface area contributed by atoms with E-state index in [2.05, 4.69) is 26.6 Å². The van der Waals surface area contributed by atoms with E-state index in [0.717, 1.165) is 16.9 Å². The molecule has 3 aromatic carbocycles. The molecule has 0 radical (unpaired) electrons. The molecule has 0 spiro atoms. The Kier molecular flexibility index (Phi) is 9.50. The highest BCUT2D eigenvalue weighted by Crippen LogP contribution is 2.31. The van der Waals surface area contributed by atoms with Crippen molar-refractivity contribution < 1.29 is 23.9 Å². The highest BCUT2D eigenvalue weighted by Gasteiger charge is 2.13. The largest absolute Gasteiger partial charge is 0.457 e. The fourth-order valence-electron chi connectivity index (χ4n) is 3.32. The first-order valence-corrected chi connectivity index (χ1v) is 12.3. The molecule has 36 heavy (non-hydrogen) atoms. The third-order valence-corrected chi connectivity index (χ3v) is 6.68. The molecule has 2 amide bonds. The molecule has 0 bridgehead atoms. The highest BCUT2D eigenvalue weighted by atomic mass is 79.9. The lowest BCUT2D eigenvalue weighted by Crippen LogP contribution is -2.22. The summed E-state index contributed by atoms with van der Waals surface area (Å²) >= 11 is 9.46. The standard InChI is InChI=1S/C27H26BrClN2O5/c1-16-5-4-6-17(2)27(16)36-20-9-7-19(8-10-20)30-23(32)13-14-25(34)35-15-24(33)31-22-12-11-21(28)26(29)18(22)3/h4-12H,13-15H2,1-3H3,(H,30,32)(H,31,33). The maximum atomic E-state index is 12.2. The van der Waals surface area contributed by atoms with E-state index in [4.69, 9.17) is 21.1 Å². The van der Waals surface area contributed by atoms with Crippen LogP contribution < -0.4 is 15.4 Å². The molecule has 0 aliphatic heterocycles. The van der Waals surface area contributed by atoms with Crippen molar-refractivity contribution in [1.29, 1.82) is 0 Å². The van der Waals surface area contributed by atoms with E-state index in [1.165, 1.54) is 0 Å². The summed E-state index contributed by atoms with van der Waals surface area (Å²) in [6.07, 6.45) is -0.238. The fraction of sp³-hybridized carbons (Fsp3) is 0.222. The van der Waals surface area contributed by atoms with Crippen LogP contribution in [0.15, 0.2) is 59.1 Å². The third kappa shape index (κ3) is 7.57. The van der Waals surface area contributed by atoms with E-state index < -0.39 is 18.5 Å². The normalized spacial score (nSPS) is 10.5. The Morgan fingerprint density at radius 1 is 0.861 bits per heavy atom. The Morgan fingerprint density at radius 3 is 2.19 bits per heavy atom. The van der Waals surface area contributed by atoms with Crippen molar-refractivity contribution >= 4 is 56.7 Å². The molecule has 2 N–H and O–H groups in total. The monoisotopic (exact) mass is 572 g/mol. The number of esters is 1. The average Bonchev–Trinajstić information content (AvgIpc) is 2.85. The van der Waals surface area contributed by atoms with Gasteiger partial charge < -0.3 is 20.1 Å². The summed E-state index contributed by atoms with van der Waals surface area (Å²) in [5.74, 6) is -0.0502. The molecular formula is C27H26BrClN2O5. The van der Waals surface area contributed by atoms with Gasteiger partial charge in [0.25, 0.3) is 5.91 Å². The molecule has 0 saturated heterocycles. The van der Waals surface area contributed by atoms with Crippen molar-refractivity contribution in [3.05, 3.63) is 80.8 Å². The summed E-state index contributed by atoms with van der Waals surface area (Å²) in [5.41, 5.74) is 3.85. The van der Waals surface area contributed by atoms with Crippen LogP contribution in [-0.4, -0.2) is 24.4 Å². The molecule has 0 aromatic heterocycles. The number of hydrogen-bond acceptors (Lipinski definition) is 5. The van der Waals surface area contributed by atoms with E-state index in [0.29, 0.717) is 32.2 Å². The number of amides is 2.